The minimum absolute atomic E-state index is 0.161. The molecule has 0 aromatic heterocycles. The highest BCUT2D eigenvalue weighted by atomic mass is 16.4. The van der Waals surface area contributed by atoms with Crippen molar-refractivity contribution in [2.24, 2.45) is 16.7 Å². The second kappa shape index (κ2) is 3.34. The van der Waals surface area contributed by atoms with Gasteiger partial charge in [-0.25, -0.2) is 0 Å². The third-order valence-electron chi connectivity index (χ3n) is 3.92. The average Bonchev–Trinajstić information content (AvgIpc) is 3.00. The summed E-state index contributed by atoms with van der Waals surface area (Å²) in [5.41, 5.74) is -1.87. The summed E-state index contributed by atoms with van der Waals surface area (Å²) >= 11 is 0. The Morgan fingerprint density at radius 1 is 1.25 bits per heavy atom. The van der Waals surface area contributed by atoms with E-state index in [9.17, 15) is 14.7 Å². The number of carboxylic acids is 2. The fraction of sp³-hybridized carbons (Fsp3) is 0.667. The molecule has 4 nitrogen and oxygen atoms in total. The van der Waals surface area contributed by atoms with Gasteiger partial charge in [-0.3, -0.25) is 9.59 Å². The lowest BCUT2D eigenvalue weighted by molar-refractivity contribution is -0.157. The van der Waals surface area contributed by atoms with Gasteiger partial charge in [-0.1, -0.05) is 12.2 Å². The lowest BCUT2D eigenvalue weighted by Crippen LogP contribution is -2.43. The molecule has 0 heterocycles. The summed E-state index contributed by atoms with van der Waals surface area (Å²) < 4.78 is 0. The molecule has 2 N–H and O–H groups in total. The van der Waals surface area contributed by atoms with E-state index < -0.39 is 22.8 Å². The molecule has 0 aromatic rings. The topological polar surface area (TPSA) is 74.6 Å². The second-order valence-corrected chi connectivity index (χ2v) is 5.24. The summed E-state index contributed by atoms with van der Waals surface area (Å²) in [6, 6.07) is 0. The smallest absolute Gasteiger partial charge is 0.313 e. The van der Waals surface area contributed by atoms with Crippen LogP contribution >= 0.6 is 0 Å². The Labute approximate surface area is 94.0 Å². The van der Waals surface area contributed by atoms with E-state index in [0.717, 1.165) is 12.8 Å². The molecule has 2 rings (SSSR count). The van der Waals surface area contributed by atoms with Gasteiger partial charge >= 0.3 is 11.9 Å². The van der Waals surface area contributed by atoms with Crippen molar-refractivity contribution in [3.63, 3.8) is 0 Å². The predicted molar refractivity (Wildman–Crippen MR) is 56.9 cm³/mol. The SMILES string of the molecule is CC1(C(=O)O)C=CCC(C(=O)O)(C2CC2)C1. The molecule has 0 aliphatic heterocycles. The van der Waals surface area contributed by atoms with Crippen LogP contribution in [-0.2, 0) is 9.59 Å². The minimum atomic E-state index is -1.03. The highest BCUT2D eigenvalue weighted by molar-refractivity contribution is 5.81. The number of carboxylic acid groups (broad SMARTS) is 2. The Balaban J connectivity index is 2.34. The van der Waals surface area contributed by atoms with E-state index in [0.29, 0.717) is 6.42 Å². The predicted octanol–water partition coefficient (Wildman–Crippen LogP) is 1.91. The Morgan fingerprint density at radius 3 is 2.31 bits per heavy atom. The van der Waals surface area contributed by atoms with Crippen molar-refractivity contribution in [2.45, 2.75) is 32.6 Å². The molecule has 0 radical (unpaired) electrons. The van der Waals surface area contributed by atoms with Crippen LogP contribution in [0.5, 0.6) is 0 Å². The molecule has 2 atom stereocenters. The van der Waals surface area contributed by atoms with Gasteiger partial charge in [0.25, 0.3) is 0 Å². The van der Waals surface area contributed by atoms with Crippen LogP contribution in [0.1, 0.15) is 32.6 Å². The molecule has 0 spiro atoms. The standard InChI is InChI=1S/C12H16O4/c1-11(9(13)14)5-2-6-12(7-11,10(15)16)8-3-4-8/h2,5,8H,3-4,6-7H2,1H3,(H,13,14)(H,15,16). The van der Waals surface area contributed by atoms with Gasteiger partial charge in [0.1, 0.15) is 0 Å². The molecule has 0 amide bonds. The summed E-state index contributed by atoms with van der Waals surface area (Å²) in [5, 5.41) is 18.6. The Morgan fingerprint density at radius 2 is 1.88 bits per heavy atom. The lowest BCUT2D eigenvalue weighted by Gasteiger charge is -2.38. The van der Waals surface area contributed by atoms with Crippen molar-refractivity contribution >= 4 is 11.9 Å². The maximum Gasteiger partial charge on any atom is 0.313 e. The normalized spacial score (nSPS) is 38.3. The van der Waals surface area contributed by atoms with E-state index in [4.69, 9.17) is 5.11 Å². The zero-order chi connectivity index (χ0) is 12.0. The first kappa shape index (κ1) is 11.2. The first-order chi connectivity index (χ1) is 7.41. The Hall–Kier alpha value is -1.32. The van der Waals surface area contributed by atoms with Gasteiger partial charge in [0.15, 0.2) is 0 Å². The molecule has 0 bridgehead atoms. The zero-order valence-electron chi connectivity index (χ0n) is 9.27. The molecular formula is C12H16O4. The van der Waals surface area contributed by atoms with Crippen molar-refractivity contribution in [3.8, 4) is 0 Å². The summed E-state index contributed by atoms with van der Waals surface area (Å²) in [4.78, 5) is 22.6. The van der Waals surface area contributed by atoms with Crippen molar-refractivity contribution in [1.29, 1.82) is 0 Å². The van der Waals surface area contributed by atoms with Crippen LogP contribution in [0.2, 0.25) is 0 Å². The highest BCUT2D eigenvalue weighted by Gasteiger charge is 2.56. The van der Waals surface area contributed by atoms with Crippen LogP contribution in [0.15, 0.2) is 12.2 Å². The number of hydrogen-bond acceptors (Lipinski definition) is 2. The van der Waals surface area contributed by atoms with E-state index >= 15 is 0 Å². The van der Waals surface area contributed by atoms with Gasteiger partial charge in [-0.15, -0.1) is 0 Å². The molecule has 1 saturated carbocycles. The summed E-state index contributed by atoms with van der Waals surface area (Å²) in [5.74, 6) is -1.62. The maximum absolute atomic E-state index is 11.4. The van der Waals surface area contributed by atoms with E-state index in [1.807, 2.05) is 0 Å². The Bertz CT molecular complexity index is 369. The van der Waals surface area contributed by atoms with E-state index in [-0.39, 0.29) is 12.3 Å². The van der Waals surface area contributed by atoms with Crippen molar-refractivity contribution < 1.29 is 19.8 Å². The van der Waals surface area contributed by atoms with Crippen LogP contribution in [0.4, 0.5) is 0 Å². The first-order valence-corrected chi connectivity index (χ1v) is 5.55. The third-order valence-corrected chi connectivity index (χ3v) is 3.92. The lowest BCUT2D eigenvalue weighted by atomic mass is 9.64. The third kappa shape index (κ3) is 1.52. The van der Waals surface area contributed by atoms with Gasteiger partial charge in [-0.05, 0) is 38.5 Å². The number of carbonyl (C=O) groups is 2. The van der Waals surface area contributed by atoms with E-state index in [1.54, 1.807) is 19.1 Å². The number of rotatable bonds is 3. The van der Waals surface area contributed by atoms with Crippen LogP contribution < -0.4 is 0 Å². The van der Waals surface area contributed by atoms with Crippen LogP contribution in [0.25, 0.3) is 0 Å². The summed E-state index contributed by atoms with van der Waals surface area (Å²) in [6.45, 7) is 1.60. The van der Waals surface area contributed by atoms with Gasteiger partial charge in [0.2, 0.25) is 0 Å². The molecule has 0 aromatic carbocycles. The molecule has 2 aliphatic carbocycles. The highest BCUT2D eigenvalue weighted by Crippen LogP contribution is 2.56. The van der Waals surface area contributed by atoms with Crippen LogP contribution in [-0.4, -0.2) is 22.2 Å². The molecule has 2 unspecified atom stereocenters. The maximum atomic E-state index is 11.4. The number of aliphatic carboxylic acids is 2. The molecule has 16 heavy (non-hydrogen) atoms. The molecule has 2 aliphatic rings. The zero-order valence-corrected chi connectivity index (χ0v) is 9.27. The van der Waals surface area contributed by atoms with Crippen LogP contribution in [0.3, 0.4) is 0 Å². The summed E-state index contributed by atoms with van der Waals surface area (Å²) in [6.07, 6.45) is 5.87. The number of hydrogen-bond donors (Lipinski definition) is 2. The van der Waals surface area contributed by atoms with Gasteiger partial charge in [-0.2, -0.15) is 0 Å². The molecule has 0 saturated heterocycles. The minimum Gasteiger partial charge on any atom is -0.481 e. The van der Waals surface area contributed by atoms with Gasteiger partial charge in [0.05, 0.1) is 10.8 Å². The fourth-order valence-electron chi connectivity index (χ4n) is 2.75. The van der Waals surface area contributed by atoms with Crippen molar-refractivity contribution in [2.75, 3.05) is 0 Å². The van der Waals surface area contributed by atoms with E-state index in [2.05, 4.69) is 0 Å². The van der Waals surface area contributed by atoms with Crippen LogP contribution in [0, 0.1) is 16.7 Å². The van der Waals surface area contributed by atoms with Gasteiger partial charge < -0.3 is 10.2 Å². The molecular weight excluding hydrogens is 208 g/mol. The quantitative estimate of drug-likeness (QED) is 0.718. The largest absolute Gasteiger partial charge is 0.481 e. The van der Waals surface area contributed by atoms with E-state index in [1.165, 1.54) is 0 Å². The first-order valence-electron chi connectivity index (χ1n) is 5.55. The average molecular weight is 224 g/mol. The summed E-state index contributed by atoms with van der Waals surface area (Å²) in [7, 11) is 0. The number of allylic oxidation sites excluding steroid dienone is 1. The second-order valence-electron chi connectivity index (χ2n) is 5.24. The molecule has 4 heteroatoms. The fourth-order valence-corrected chi connectivity index (χ4v) is 2.75. The van der Waals surface area contributed by atoms with Crippen molar-refractivity contribution in [3.05, 3.63) is 12.2 Å². The molecule has 88 valence electrons. The van der Waals surface area contributed by atoms with Crippen molar-refractivity contribution in [1.82, 2.24) is 0 Å². The van der Waals surface area contributed by atoms with Gasteiger partial charge in [0, 0.05) is 0 Å². The monoisotopic (exact) mass is 224 g/mol. The Kier molecular flexibility index (Phi) is 2.33. The molecule has 1 fully saturated rings.